The van der Waals surface area contributed by atoms with Crippen molar-refractivity contribution in [2.45, 2.75) is 6.54 Å². The second kappa shape index (κ2) is 5.76. The fraction of sp³-hybridized carbons (Fsp3) is 0.0769. The van der Waals surface area contributed by atoms with E-state index in [1.807, 2.05) is 36.4 Å². The van der Waals surface area contributed by atoms with E-state index in [1.54, 1.807) is 6.07 Å². The summed E-state index contributed by atoms with van der Waals surface area (Å²) in [5.41, 5.74) is 2.02. The van der Waals surface area contributed by atoms with Crippen molar-refractivity contribution in [1.82, 2.24) is 0 Å². The van der Waals surface area contributed by atoms with Crippen LogP contribution in [0.15, 0.2) is 46.9 Å². The molecule has 0 saturated carbocycles. The minimum Gasteiger partial charge on any atom is -0.381 e. The lowest BCUT2D eigenvalue weighted by molar-refractivity contribution is 1.15. The first kappa shape index (κ1) is 12.7. The molecule has 0 aromatic heterocycles. The maximum atomic E-state index is 6.11. The van der Waals surface area contributed by atoms with Crippen molar-refractivity contribution in [3.63, 3.8) is 0 Å². The van der Waals surface area contributed by atoms with Gasteiger partial charge in [-0.1, -0.05) is 57.3 Å². The van der Waals surface area contributed by atoms with Gasteiger partial charge in [0.15, 0.2) is 0 Å². The lowest BCUT2D eigenvalue weighted by atomic mass is 10.2. The maximum Gasteiger partial charge on any atom is 0.0642 e. The zero-order valence-electron chi connectivity index (χ0n) is 8.88. The molecular formula is C13H10BrCl2N. The summed E-state index contributed by atoms with van der Waals surface area (Å²) in [5.74, 6) is 0. The summed E-state index contributed by atoms with van der Waals surface area (Å²) >= 11 is 15.5. The van der Waals surface area contributed by atoms with Crippen LogP contribution in [0.5, 0.6) is 0 Å². The van der Waals surface area contributed by atoms with Crippen LogP contribution in [0.25, 0.3) is 0 Å². The second-order valence-electron chi connectivity index (χ2n) is 3.58. The quantitative estimate of drug-likeness (QED) is 0.797. The molecule has 0 bridgehead atoms. The zero-order chi connectivity index (χ0) is 12.3. The Hall–Kier alpha value is -0.700. The van der Waals surface area contributed by atoms with Crippen LogP contribution in [-0.2, 0) is 6.54 Å². The predicted molar refractivity (Wildman–Crippen MR) is 77.9 cm³/mol. The van der Waals surface area contributed by atoms with Gasteiger partial charge in [-0.3, -0.25) is 0 Å². The van der Waals surface area contributed by atoms with Crippen molar-refractivity contribution in [2.24, 2.45) is 0 Å². The van der Waals surface area contributed by atoms with Gasteiger partial charge in [0.2, 0.25) is 0 Å². The average Bonchev–Trinajstić information content (AvgIpc) is 2.31. The van der Waals surface area contributed by atoms with Gasteiger partial charge in [0.25, 0.3) is 0 Å². The minimum atomic E-state index is 0.584. The van der Waals surface area contributed by atoms with Crippen LogP contribution in [0.1, 0.15) is 5.56 Å². The van der Waals surface area contributed by atoms with E-state index in [0.717, 1.165) is 15.7 Å². The average molecular weight is 331 g/mol. The number of rotatable bonds is 3. The Kier molecular flexibility index (Phi) is 4.32. The fourth-order valence-electron chi connectivity index (χ4n) is 1.48. The topological polar surface area (TPSA) is 12.0 Å². The summed E-state index contributed by atoms with van der Waals surface area (Å²) in [6.07, 6.45) is 0. The van der Waals surface area contributed by atoms with Gasteiger partial charge in [-0.05, 0) is 29.8 Å². The van der Waals surface area contributed by atoms with Gasteiger partial charge >= 0.3 is 0 Å². The molecule has 1 nitrogen and oxygen atoms in total. The third-order valence-corrected chi connectivity index (χ3v) is 3.69. The number of benzene rings is 2. The number of anilines is 1. The van der Waals surface area contributed by atoms with E-state index in [0.29, 0.717) is 16.6 Å². The summed E-state index contributed by atoms with van der Waals surface area (Å²) in [6.45, 7) is 0.649. The molecule has 0 amide bonds. The van der Waals surface area contributed by atoms with Gasteiger partial charge in [0.05, 0.1) is 10.0 Å². The molecule has 88 valence electrons. The van der Waals surface area contributed by atoms with Crippen LogP contribution >= 0.6 is 39.1 Å². The van der Waals surface area contributed by atoms with E-state index in [9.17, 15) is 0 Å². The van der Waals surface area contributed by atoms with Crippen LogP contribution < -0.4 is 5.32 Å². The first-order valence-electron chi connectivity index (χ1n) is 5.09. The summed E-state index contributed by atoms with van der Waals surface area (Å²) in [5, 5.41) is 4.49. The third kappa shape index (κ3) is 3.38. The highest BCUT2D eigenvalue weighted by molar-refractivity contribution is 9.10. The van der Waals surface area contributed by atoms with Gasteiger partial charge in [0, 0.05) is 16.7 Å². The number of halogens is 3. The van der Waals surface area contributed by atoms with Crippen LogP contribution in [0.3, 0.4) is 0 Å². The van der Waals surface area contributed by atoms with Crippen molar-refractivity contribution in [2.75, 3.05) is 5.32 Å². The molecule has 0 aliphatic heterocycles. The highest BCUT2D eigenvalue weighted by atomic mass is 79.9. The second-order valence-corrected chi connectivity index (χ2v) is 5.28. The van der Waals surface area contributed by atoms with Crippen LogP contribution in [0.2, 0.25) is 10.0 Å². The smallest absolute Gasteiger partial charge is 0.0642 e. The fourth-order valence-corrected chi connectivity index (χ4v) is 2.27. The summed E-state index contributed by atoms with van der Waals surface area (Å²) < 4.78 is 1.04. The largest absolute Gasteiger partial charge is 0.381 e. The highest BCUT2D eigenvalue weighted by Gasteiger charge is 2.03. The minimum absolute atomic E-state index is 0.584. The van der Waals surface area contributed by atoms with Gasteiger partial charge in [-0.25, -0.2) is 0 Å². The van der Waals surface area contributed by atoms with E-state index in [1.165, 1.54) is 0 Å². The first-order valence-corrected chi connectivity index (χ1v) is 6.64. The van der Waals surface area contributed by atoms with Gasteiger partial charge in [-0.15, -0.1) is 0 Å². The van der Waals surface area contributed by atoms with Gasteiger partial charge in [-0.2, -0.15) is 0 Å². The van der Waals surface area contributed by atoms with E-state index in [-0.39, 0.29) is 0 Å². The van der Waals surface area contributed by atoms with Crippen molar-refractivity contribution in [3.8, 4) is 0 Å². The third-order valence-electron chi connectivity index (χ3n) is 2.34. The standard InChI is InChI=1S/C13H10BrCl2N/c14-10-4-2-5-11(7-10)17-8-9-3-1-6-12(15)13(9)16/h1-7,17H,8H2. The van der Waals surface area contributed by atoms with E-state index >= 15 is 0 Å². The Labute approximate surface area is 119 Å². The lowest BCUT2D eigenvalue weighted by Crippen LogP contribution is -2.00. The Morgan fingerprint density at radius 1 is 1.06 bits per heavy atom. The molecule has 0 aliphatic carbocycles. The molecule has 2 aromatic carbocycles. The van der Waals surface area contributed by atoms with Crippen molar-refractivity contribution in [3.05, 3.63) is 62.5 Å². The molecule has 2 aromatic rings. The summed E-state index contributed by atoms with van der Waals surface area (Å²) in [6, 6.07) is 13.6. The SMILES string of the molecule is Clc1cccc(CNc2cccc(Br)c2)c1Cl. The molecule has 0 spiro atoms. The van der Waals surface area contributed by atoms with E-state index in [2.05, 4.69) is 21.2 Å². The molecule has 0 atom stereocenters. The Bertz CT molecular complexity index is 529. The van der Waals surface area contributed by atoms with Crippen LogP contribution in [0.4, 0.5) is 5.69 Å². The van der Waals surface area contributed by atoms with Crippen molar-refractivity contribution < 1.29 is 0 Å². The molecule has 17 heavy (non-hydrogen) atoms. The number of nitrogens with one attached hydrogen (secondary N) is 1. The lowest BCUT2D eigenvalue weighted by Gasteiger charge is -2.09. The molecule has 4 heteroatoms. The first-order chi connectivity index (χ1) is 8.16. The Morgan fingerprint density at radius 2 is 1.82 bits per heavy atom. The van der Waals surface area contributed by atoms with Crippen molar-refractivity contribution in [1.29, 1.82) is 0 Å². The van der Waals surface area contributed by atoms with Gasteiger partial charge < -0.3 is 5.32 Å². The summed E-state index contributed by atoms with van der Waals surface area (Å²) in [4.78, 5) is 0. The predicted octanol–water partition coefficient (Wildman–Crippen LogP) is 5.37. The number of hydrogen-bond donors (Lipinski definition) is 1. The molecule has 2 rings (SSSR count). The zero-order valence-corrected chi connectivity index (χ0v) is 12.0. The molecule has 1 N–H and O–H groups in total. The van der Waals surface area contributed by atoms with Crippen LogP contribution in [-0.4, -0.2) is 0 Å². The molecule has 0 fully saturated rings. The number of hydrogen-bond acceptors (Lipinski definition) is 1. The van der Waals surface area contributed by atoms with Crippen LogP contribution in [0, 0.1) is 0 Å². The molecule has 0 aliphatic rings. The Balaban J connectivity index is 2.10. The monoisotopic (exact) mass is 329 g/mol. The normalized spacial score (nSPS) is 10.3. The van der Waals surface area contributed by atoms with E-state index in [4.69, 9.17) is 23.2 Å². The molecular weight excluding hydrogens is 321 g/mol. The maximum absolute atomic E-state index is 6.11. The molecule has 0 heterocycles. The highest BCUT2D eigenvalue weighted by Crippen LogP contribution is 2.26. The summed E-state index contributed by atoms with van der Waals surface area (Å²) in [7, 11) is 0. The van der Waals surface area contributed by atoms with Gasteiger partial charge in [0.1, 0.15) is 0 Å². The van der Waals surface area contributed by atoms with Crippen molar-refractivity contribution >= 4 is 44.8 Å². The Morgan fingerprint density at radius 3 is 2.59 bits per heavy atom. The van der Waals surface area contributed by atoms with E-state index < -0.39 is 0 Å². The molecule has 0 radical (unpaired) electrons. The molecule has 0 unspecified atom stereocenters. The molecule has 0 saturated heterocycles.